The van der Waals surface area contributed by atoms with Crippen molar-refractivity contribution < 1.29 is 37.5 Å². The smallest absolute Gasteiger partial charge is 0.431 e. The maximum absolute atomic E-state index is 12.7. The number of allylic oxidation sites excluding steroid dienone is 2. The number of benzene rings is 1. The van der Waals surface area contributed by atoms with Crippen LogP contribution in [0, 0.1) is 5.92 Å². The van der Waals surface area contributed by atoms with Gasteiger partial charge in [-0.15, -0.1) is 0 Å². The molecule has 0 aliphatic carbocycles. The van der Waals surface area contributed by atoms with E-state index in [1.54, 1.807) is 24.3 Å². The van der Waals surface area contributed by atoms with Crippen LogP contribution in [0.4, 0.5) is 4.79 Å². The third-order valence-electron chi connectivity index (χ3n) is 6.39. The maximum Gasteiger partial charge on any atom is 0.508 e. The largest absolute Gasteiger partial charge is 0.508 e. The number of aromatic amines is 1. The van der Waals surface area contributed by atoms with Crippen molar-refractivity contribution in [3.05, 3.63) is 81.1 Å². The molecule has 3 N–H and O–H groups in total. The zero-order chi connectivity index (χ0) is 30.5. The lowest BCUT2D eigenvalue weighted by molar-refractivity contribution is -0.0605. The minimum Gasteiger partial charge on any atom is -0.431 e. The third kappa shape index (κ3) is 10.6. The summed E-state index contributed by atoms with van der Waals surface area (Å²) in [6, 6.07) is 10.1. The van der Waals surface area contributed by atoms with Gasteiger partial charge in [0.15, 0.2) is 0 Å². The number of hydrogen-bond acceptors (Lipinski definition) is 10. The third-order valence-corrected chi connectivity index (χ3v) is 7.51. The number of thiocarbonyl (C=S) groups is 1. The highest BCUT2D eigenvalue weighted by atomic mass is 32.1. The Labute approximate surface area is 248 Å². The molecule has 0 amide bonds. The fourth-order valence-electron chi connectivity index (χ4n) is 4.35. The van der Waals surface area contributed by atoms with Crippen molar-refractivity contribution in [2.45, 2.75) is 57.6 Å². The molecular formula is C27H36N3O10PS. The Morgan fingerprint density at radius 3 is 2.64 bits per heavy atom. The molecular weight excluding hydrogens is 589 g/mol. The van der Waals surface area contributed by atoms with E-state index in [4.69, 9.17) is 31.0 Å². The second-order valence-electron chi connectivity index (χ2n) is 9.49. The van der Waals surface area contributed by atoms with Crippen LogP contribution in [0.25, 0.3) is 0 Å². The van der Waals surface area contributed by atoms with Crippen molar-refractivity contribution in [2.75, 3.05) is 20.3 Å². The Kier molecular flexibility index (Phi) is 13.1. The highest BCUT2D eigenvalue weighted by molar-refractivity contribution is 7.80. The summed E-state index contributed by atoms with van der Waals surface area (Å²) in [6.07, 6.45) is 3.64. The van der Waals surface area contributed by atoms with E-state index in [9.17, 15) is 23.8 Å². The molecule has 1 fully saturated rings. The first-order valence-corrected chi connectivity index (χ1v) is 15.3. The molecule has 42 heavy (non-hydrogen) atoms. The van der Waals surface area contributed by atoms with Gasteiger partial charge in [-0.25, -0.2) is 14.2 Å². The van der Waals surface area contributed by atoms with E-state index in [0.717, 1.165) is 54.1 Å². The average molecular weight is 626 g/mol. The van der Waals surface area contributed by atoms with Crippen LogP contribution in [-0.4, -0.2) is 58.1 Å². The Balaban J connectivity index is 1.76. The lowest BCUT2D eigenvalue weighted by atomic mass is 9.95. The molecule has 2 aromatic rings. The standard InChI is InChI=1S/C27H36N3O10PS/c1-19(42)28-15-10-5-3-4-9-13-21-24(40-41(34,35)36-2)22(39-25(21)30-16-14-23(31)29-26(30)32)18-38-27(33)37-17-20-11-7-6-8-12-20/h4,6-9,11-12,14,16,21-22,24-25H,3,5,10,13,15,17-18H2,1-2H3,(H,28,42)(H,34,35)(H,29,31,32)/b9-4+/t21-,22+,24?,25+/m0/s1. The number of phosphoric acid groups is 1. The van der Waals surface area contributed by atoms with Crippen molar-refractivity contribution in [3.8, 4) is 0 Å². The molecule has 0 spiro atoms. The van der Waals surface area contributed by atoms with Crippen LogP contribution in [0.15, 0.2) is 64.3 Å². The Bertz CT molecular complexity index is 1370. The summed E-state index contributed by atoms with van der Waals surface area (Å²) in [4.78, 5) is 49.7. The topological polar surface area (TPSA) is 167 Å². The normalized spacial score (nSPS) is 21.6. The van der Waals surface area contributed by atoms with Crippen molar-refractivity contribution in [3.63, 3.8) is 0 Å². The number of carbonyl (C=O) groups excluding carboxylic acids is 1. The fourth-order valence-corrected chi connectivity index (χ4v) is 5.14. The average Bonchev–Trinajstić information content (AvgIpc) is 3.28. The Morgan fingerprint density at radius 2 is 1.95 bits per heavy atom. The van der Waals surface area contributed by atoms with Crippen LogP contribution in [0.5, 0.6) is 0 Å². The predicted molar refractivity (Wildman–Crippen MR) is 157 cm³/mol. The summed E-state index contributed by atoms with van der Waals surface area (Å²) < 4.78 is 40.2. The second kappa shape index (κ2) is 16.5. The second-order valence-corrected chi connectivity index (χ2v) is 11.6. The minimum atomic E-state index is -4.54. The zero-order valence-electron chi connectivity index (χ0n) is 23.4. The molecule has 230 valence electrons. The number of phosphoric ester groups is 1. The number of H-pyrrole nitrogens is 1. The van der Waals surface area contributed by atoms with E-state index in [0.29, 0.717) is 0 Å². The number of nitrogens with one attached hydrogen (secondary N) is 2. The van der Waals surface area contributed by atoms with E-state index in [1.807, 2.05) is 25.1 Å². The number of aromatic nitrogens is 2. The molecule has 5 atom stereocenters. The van der Waals surface area contributed by atoms with Crippen LogP contribution < -0.4 is 16.6 Å². The molecule has 13 nitrogen and oxygen atoms in total. The summed E-state index contributed by atoms with van der Waals surface area (Å²) in [7, 11) is -3.52. The van der Waals surface area contributed by atoms with Crippen molar-refractivity contribution >= 4 is 31.2 Å². The van der Waals surface area contributed by atoms with E-state index in [1.165, 1.54) is 6.20 Å². The summed E-state index contributed by atoms with van der Waals surface area (Å²) in [5.41, 5.74) is -0.593. The van der Waals surface area contributed by atoms with Gasteiger partial charge >= 0.3 is 19.7 Å². The molecule has 2 heterocycles. The van der Waals surface area contributed by atoms with Crippen LogP contribution in [0.3, 0.4) is 0 Å². The van der Waals surface area contributed by atoms with Gasteiger partial charge in [0, 0.05) is 31.8 Å². The van der Waals surface area contributed by atoms with Crippen LogP contribution >= 0.6 is 20.0 Å². The lowest BCUT2D eigenvalue weighted by Gasteiger charge is -2.25. The summed E-state index contributed by atoms with van der Waals surface area (Å²) in [5, 5.41) is 3.10. The number of carbonyl (C=O) groups is 1. The first-order chi connectivity index (χ1) is 20.1. The highest BCUT2D eigenvalue weighted by Gasteiger charge is 2.49. The molecule has 2 unspecified atom stereocenters. The minimum absolute atomic E-state index is 0.0232. The molecule has 15 heteroatoms. The number of unbranched alkanes of at least 4 members (excludes halogenated alkanes) is 2. The summed E-state index contributed by atoms with van der Waals surface area (Å²) >= 11 is 5.00. The van der Waals surface area contributed by atoms with E-state index in [2.05, 4.69) is 14.8 Å². The Hall–Kier alpha value is -3.13. The molecule has 0 bridgehead atoms. The van der Waals surface area contributed by atoms with Gasteiger partial charge < -0.3 is 24.4 Å². The van der Waals surface area contributed by atoms with Crippen LogP contribution in [-0.2, 0) is 34.4 Å². The molecule has 1 saturated heterocycles. The van der Waals surface area contributed by atoms with Crippen molar-refractivity contribution in [2.24, 2.45) is 5.92 Å². The Morgan fingerprint density at radius 1 is 1.19 bits per heavy atom. The molecule has 1 aromatic carbocycles. The van der Waals surface area contributed by atoms with Gasteiger partial charge in [0.25, 0.3) is 5.56 Å². The number of ether oxygens (including phenoxy) is 3. The molecule has 0 saturated carbocycles. The highest BCUT2D eigenvalue weighted by Crippen LogP contribution is 2.50. The molecule has 0 radical (unpaired) electrons. The van der Waals surface area contributed by atoms with Gasteiger partial charge in [0.2, 0.25) is 0 Å². The SMILES string of the molecule is COP(=O)(O)OC1[C@@H](COC(=O)OCc2ccccc2)O[C@@H](n2ccc(=O)[nH]c2=O)[C@H]1C/C=C/CCCCNC(C)=S. The molecule has 1 aliphatic heterocycles. The van der Waals surface area contributed by atoms with Gasteiger partial charge in [-0.2, -0.15) is 0 Å². The van der Waals surface area contributed by atoms with Crippen LogP contribution in [0.2, 0.25) is 0 Å². The number of nitrogens with zero attached hydrogens (tertiary/aromatic N) is 1. The van der Waals surface area contributed by atoms with Gasteiger partial charge in [-0.3, -0.25) is 23.4 Å². The molecule has 1 aliphatic rings. The summed E-state index contributed by atoms with van der Waals surface area (Å²) in [5.74, 6) is -0.714. The summed E-state index contributed by atoms with van der Waals surface area (Å²) in [6.45, 7) is 2.15. The zero-order valence-corrected chi connectivity index (χ0v) is 25.1. The van der Waals surface area contributed by atoms with E-state index in [-0.39, 0.29) is 13.0 Å². The van der Waals surface area contributed by atoms with Crippen LogP contribution in [0.1, 0.15) is 44.4 Å². The van der Waals surface area contributed by atoms with Crippen molar-refractivity contribution in [1.82, 2.24) is 14.9 Å². The number of hydrogen-bond donors (Lipinski definition) is 3. The first kappa shape index (κ1) is 33.4. The first-order valence-electron chi connectivity index (χ1n) is 13.4. The van der Waals surface area contributed by atoms with Gasteiger partial charge in [-0.1, -0.05) is 54.7 Å². The maximum atomic E-state index is 12.7. The lowest BCUT2D eigenvalue weighted by Crippen LogP contribution is -2.35. The van der Waals surface area contributed by atoms with Crippen molar-refractivity contribution in [1.29, 1.82) is 0 Å². The monoisotopic (exact) mass is 625 g/mol. The van der Waals surface area contributed by atoms with Gasteiger partial charge in [0.05, 0.1) is 4.99 Å². The fraction of sp³-hybridized carbons (Fsp3) is 0.481. The number of rotatable bonds is 15. The van der Waals surface area contributed by atoms with Gasteiger partial charge in [0.1, 0.15) is 31.6 Å². The predicted octanol–water partition coefficient (Wildman–Crippen LogP) is 3.59. The molecule has 1 aromatic heterocycles. The van der Waals surface area contributed by atoms with E-state index < -0.39 is 56.2 Å². The van der Waals surface area contributed by atoms with Gasteiger partial charge in [-0.05, 0) is 38.2 Å². The molecule has 3 rings (SSSR count). The quantitative estimate of drug-likeness (QED) is 0.0867. The van der Waals surface area contributed by atoms with E-state index >= 15 is 0 Å².